The van der Waals surface area contributed by atoms with Gasteiger partial charge in [-0.1, -0.05) is 44.2 Å². The summed E-state index contributed by atoms with van der Waals surface area (Å²) in [5.41, 5.74) is 1.72. The maximum atomic E-state index is 6.18. The molecule has 0 N–H and O–H groups in total. The van der Waals surface area contributed by atoms with Gasteiger partial charge in [-0.2, -0.15) is 0 Å². The summed E-state index contributed by atoms with van der Waals surface area (Å²) in [6, 6.07) is 11.8. The van der Waals surface area contributed by atoms with Gasteiger partial charge in [0.05, 0.1) is 37.5 Å². The molecule has 2 aromatic carbocycles. The van der Waals surface area contributed by atoms with Crippen LogP contribution in [0.25, 0.3) is 0 Å². The van der Waals surface area contributed by atoms with Crippen LogP contribution in [0.1, 0.15) is 31.3 Å². The Morgan fingerprint density at radius 1 is 1.04 bits per heavy atom. The lowest BCUT2D eigenvalue weighted by molar-refractivity contribution is -0.227. The standard InChI is InChI=1S/C21H25BrO5/c1-21(2)12-26-20(27-13-21)17-16(23-3)10-15(22)18(24-4)19(17)25-11-14-8-6-5-7-9-14/h5-10,20H,11-13H2,1-4H3. The molecule has 27 heavy (non-hydrogen) atoms. The molecule has 1 aliphatic heterocycles. The number of benzene rings is 2. The Bertz CT molecular complexity index is 766. The second-order valence-corrected chi connectivity index (χ2v) is 8.08. The van der Waals surface area contributed by atoms with E-state index in [9.17, 15) is 0 Å². The Hall–Kier alpha value is -1.76. The normalized spacial score (nSPS) is 16.8. The number of halogens is 1. The minimum absolute atomic E-state index is 0.0335. The first-order valence-electron chi connectivity index (χ1n) is 8.79. The molecule has 3 rings (SSSR count). The summed E-state index contributed by atoms with van der Waals surface area (Å²) in [5, 5.41) is 0. The molecule has 0 atom stereocenters. The maximum absolute atomic E-state index is 6.18. The highest BCUT2D eigenvalue weighted by Crippen LogP contribution is 2.49. The Labute approximate surface area is 168 Å². The van der Waals surface area contributed by atoms with Crippen LogP contribution in [0.3, 0.4) is 0 Å². The number of methoxy groups -OCH3 is 2. The minimum atomic E-state index is -0.583. The number of hydrogen-bond donors (Lipinski definition) is 0. The van der Waals surface area contributed by atoms with Crippen molar-refractivity contribution in [2.24, 2.45) is 5.41 Å². The molecular weight excluding hydrogens is 412 g/mol. The third-order valence-electron chi connectivity index (χ3n) is 4.33. The molecule has 2 aromatic rings. The predicted molar refractivity (Wildman–Crippen MR) is 106 cm³/mol. The van der Waals surface area contributed by atoms with Gasteiger partial charge in [-0.15, -0.1) is 0 Å². The highest BCUT2D eigenvalue weighted by Gasteiger charge is 2.34. The molecule has 0 unspecified atom stereocenters. The van der Waals surface area contributed by atoms with Crippen molar-refractivity contribution in [3.05, 3.63) is 52.0 Å². The molecule has 6 heteroatoms. The van der Waals surface area contributed by atoms with E-state index in [4.69, 9.17) is 23.7 Å². The van der Waals surface area contributed by atoms with Gasteiger partial charge in [0.25, 0.3) is 0 Å². The van der Waals surface area contributed by atoms with Gasteiger partial charge in [0, 0.05) is 5.41 Å². The second-order valence-electron chi connectivity index (χ2n) is 7.23. The summed E-state index contributed by atoms with van der Waals surface area (Å²) >= 11 is 3.53. The molecule has 0 aliphatic carbocycles. The molecule has 0 bridgehead atoms. The van der Waals surface area contributed by atoms with Crippen LogP contribution in [0.15, 0.2) is 40.9 Å². The zero-order chi connectivity index (χ0) is 19.4. The van der Waals surface area contributed by atoms with Crippen molar-refractivity contribution >= 4 is 15.9 Å². The summed E-state index contributed by atoms with van der Waals surface area (Å²) in [6.45, 7) is 5.77. The van der Waals surface area contributed by atoms with Crippen LogP contribution in [0.4, 0.5) is 0 Å². The molecule has 0 amide bonds. The summed E-state index contributed by atoms with van der Waals surface area (Å²) in [6.07, 6.45) is -0.583. The molecule has 0 spiro atoms. The largest absolute Gasteiger partial charge is 0.496 e. The van der Waals surface area contributed by atoms with E-state index in [1.807, 2.05) is 36.4 Å². The van der Waals surface area contributed by atoms with Gasteiger partial charge in [0.2, 0.25) is 0 Å². The molecule has 1 saturated heterocycles. The fourth-order valence-electron chi connectivity index (χ4n) is 2.92. The smallest absolute Gasteiger partial charge is 0.191 e. The van der Waals surface area contributed by atoms with E-state index in [1.54, 1.807) is 14.2 Å². The van der Waals surface area contributed by atoms with Gasteiger partial charge in [0.1, 0.15) is 12.4 Å². The van der Waals surface area contributed by atoms with E-state index in [0.29, 0.717) is 42.6 Å². The highest BCUT2D eigenvalue weighted by molar-refractivity contribution is 9.10. The molecule has 1 heterocycles. The summed E-state index contributed by atoms with van der Waals surface area (Å²) in [5.74, 6) is 1.76. The molecule has 1 fully saturated rings. The van der Waals surface area contributed by atoms with Crippen LogP contribution < -0.4 is 14.2 Å². The number of rotatable bonds is 6. The molecule has 5 nitrogen and oxygen atoms in total. The lowest BCUT2D eigenvalue weighted by atomic mass is 9.95. The molecule has 0 saturated carbocycles. The van der Waals surface area contributed by atoms with Crippen LogP contribution in [0, 0.1) is 5.41 Å². The van der Waals surface area contributed by atoms with Crippen molar-refractivity contribution in [1.82, 2.24) is 0 Å². The minimum Gasteiger partial charge on any atom is -0.496 e. The van der Waals surface area contributed by atoms with Crippen LogP contribution >= 0.6 is 15.9 Å². The predicted octanol–water partition coefficient (Wildman–Crippen LogP) is 5.12. The molecular formula is C21H25BrO5. The molecule has 0 radical (unpaired) electrons. The first-order chi connectivity index (χ1) is 12.9. The zero-order valence-corrected chi connectivity index (χ0v) is 17.7. The van der Waals surface area contributed by atoms with Crippen molar-refractivity contribution in [3.8, 4) is 17.2 Å². The summed E-state index contributed by atoms with van der Waals surface area (Å²) in [4.78, 5) is 0. The second kappa shape index (κ2) is 8.50. The van der Waals surface area contributed by atoms with Gasteiger partial charge in [-0.25, -0.2) is 0 Å². The third kappa shape index (κ3) is 4.57. The van der Waals surface area contributed by atoms with E-state index in [1.165, 1.54) is 0 Å². The van der Waals surface area contributed by atoms with Gasteiger partial charge in [0.15, 0.2) is 17.8 Å². The Balaban J connectivity index is 1.98. The Morgan fingerprint density at radius 3 is 2.30 bits per heavy atom. The molecule has 0 aromatic heterocycles. The first-order valence-corrected chi connectivity index (χ1v) is 9.59. The van der Waals surface area contributed by atoms with E-state index in [0.717, 1.165) is 10.0 Å². The number of hydrogen-bond acceptors (Lipinski definition) is 5. The Morgan fingerprint density at radius 2 is 1.70 bits per heavy atom. The fraction of sp³-hybridized carbons (Fsp3) is 0.429. The van der Waals surface area contributed by atoms with E-state index < -0.39 is 6.29 Å². The quantitative estimate of drug-likeness (QED) is 0.628. The fourth-order valence-corrected chi connectivity index (χ4v) is 3.47. The summed E-state index contributed by atoms with van der Waals surface area (Å²) in [7, 11) is 3.23. The monoisotopic (exact) mass is 436 g/mol. The average Bonchev–Trinajstić information content (AvgIpc) is 2.67. The van der Waals surface area contributed by atoms with Gasteiger partial charge < -0.3 is 23.7 Å². The average molecular weight is 437 g/mol. The summed E-state index contributed by atoms with van der Waals surface area (Å²) < 4.78 is 30.1. The van der Waals surface area contributed by atoms with Gasteiger partial charge >= 0.3 is 0 Å². The van der Waals surface area contributed by atoms with Gasteiger partial charge in [-0.3, -0.25) is 0 Å². The Kier molecular flexibility index (Phi) is 6.29. The molecule has 1 aliphatic rings. The zero-order valence-electron chi connectivity index (χ0n) is 16.1. The van der Waals surface area contributed by atoms with Gasteiger partial charge in [-0.05, 0) is 27.6 Å². The third-order valence-corrected chi connectivity index (χ3v) is 4.92. The van der Waals surface area contributed by atoms with E-state index in [-0.39, 0.29) is 5.41 Å². The van der Waals surface area contributed by atoms with Crippen molar-refractivity contribution < 1.29 is 23.7 Å². The van der Waals surface area contributed by atoms with Crippen LogP contribution in [-0.2, 0) is 16.1 Å². The van der Waals surface area contributed by atoms with Crippen LogP contribution in [0.5, 0.6) is 17.2 Å². The van der Waals surface area contributed by atoms with Crippen LogP contribution in [0.2, 0.25) is 0 Å². The molecule has 146 valence electrons. The maximum Gasteiger partial charge on any atom is 0.191 e. The van der Waals surface area contributed by atoms with E-state index in [2.05, 4.69) is 29.8 Å². The lowest BCUT2D eigenvalue weighted by Gasteiger charge is -2.35. The van der Waals surface area contributed by atoms with Crippen molar-refractivity contribution in [2.75, 3.05) is 27.4 Å². The topological polar surface area (TPSA) is 46.2 Å². The highest BCUT2D eigenvalue weighted by atomic mass is 79.9. The van der Waals surface area contributed by atoms with Crippen molar-refractivity contribution in [1.29, 1.82) is 0 Å². The SMILES string of the molecule is COc1cc(Br)c(OC)c(OCc2ccccc2)c1C1OCC(C)(C)CO1. The van der Waals surface area contributed by atoms with Crippen molar-refractivity contribution in [2.45, 2.75) is 26.7 Å². The van der Waals surface area contributed by atoms with Crippen LogP contribution in [-0.4, -0.2) is 27.4 Å². The van der Waals surface area contributed by atoms with Crippen molar-refractivity contribution in [3.63, 3.8) is 0 Å². The first kappa shape index (κ1) is 20.0. The lowest BCUT2D eigenvalue weighted by Crippen LogP contribution is -2.34. The van der Waals surface area contributed by atoms with E-state index >= 15 is 0 Å². The number of ether oxygens (including phenoxy) is 5.